The van der Waals surface area contributed by atoms with Gasteiger partial charge in [0.15, 0.2) is 44.0 Å². The highest BCUT2D eigenvalue weighted by atomic mass is 16.8. The van der Waals surface area contributed by atoms with Crippen LogP contribution in [0.15, 0.2) is 0 Å². The Morgan fingerprint density at radius 2 is 0.845 bits per heavy atom. The van der Waals surface area contributed by atoms with Gasteiger partial charge in [-0.2, -0.15) is 0 Å². The third-order valence-electron chi connectivity index (χ3n) is 18.8. The molecule has 0 unspecified atom stereocenters. The van der Waals surface area contributed by atoms with Gasteiger partial charge in [-0.15, -0.1) is 0 Å². The molecule has 8 rings (SSSR count). The van der Waals surface area contributed by atoms with E-state index in [1.54, 1.807) is 0 Å². The first-order valence-electron chi connectivity index (χ1n) is 32.6. The number of aliphatic hydroxyl groups is 23. The summed E-state index contributed by atoms with van der Waals surface area (Å²) in [6, 6.07) is -5.74. The summed E-state index contributed by atoms with van der Waals surface area (Å²) >= 11 is 0. The van der Waals surface area contributed by atoms with Crippen molar-refractivity contribution in [2.75, 3.05) is 46.2 Å². The summed E-state index contributed by atoms with van der Waals surface area (Å²) < 4.78 is 87.8. The summed E-state index contributed by atoms with van der Waals surface area (Å²) in [4.78, 5) is 51.8. The van der Waals surface area contributed by atoms with Gasteiger partial charge in [0.2, 0.25) is 17.7 Å². The molecule has 41 atom stereocenters. The smallest absolute Gasteiger partial charge is 0.364 e. The fourth-order valence-corrected chi connectivity index (χ4v) is 13.1. The van der Waals surface area contributed by atoms with Crippen LogP contribution >= 0.6 is 0 Å². The lowest BCUT2D eigenvalue weighted by atomic mass is 9.88. The van der Waals surface area contributed by atoms with Crippen molar-refractivity contribution in [1.82, 2.24) is 16.0 Å². The van der Waals surface area contributed by atoms with Gasteiger partial charge in [-0.05, 0) is 6.92 Å². The average molecular weight is 1510 g/mol. The standard InChI is InChI=1S/C57H95N3O43/c1-13-28(71)35(78)40(83)52(91-13)102-48-37(80)31(74)20(8-63)94-55(48)100-43-22(10-65)95-50(26(33(43)76)59-15(3)67)89-11-23-32(75)47(42(85)54(96-23)98-44-21(9-64)92-49(86)39(82)38(44)81)101-51-27(60-16(4)68)34(77)45(99-53-41(84)36(79)30(73)19(7-62)93-53)24(97-51)12-90-57(56(87)88)5-17(69)25(58-14(2)66)46(103-57)29(72)18(70)6-61/h13,17-55,61-65,69-86H,5-12H2,1-4H3,(H,58,66)(H,59,67)(H,60,68)(H,87,88)/t13-,17-,18+,19+,20+,21+,22+,23+,24+,25+,26+,27+,28+,29+,30-,31-,32-,33+,34+,35+,36-,37-,38+,39+,40-,41+,42+,43+,44+,45+,46+,47-,48+,49-,50+,51-,52-,53-,54-,55-,57+/m0/s1. The minimum atomic E-state index is -3.23. The number of ether oxygens (including phenoxy) is 15. The zero-order valence-electron chi connectivity index (χ0n) is 55.2. The lowest BCUT2D eigenvalue weighted by Gasteiger charge is -2.51. The van der Waals surface area contributed by atoms with Gasteiger partial charge in [-0.25, -0.2) is 4.79 Å². The van der Waals surface area contributed by atoms with Crippen LogP contribution in [0.5, 0.6) is 0 Å². The molecule has 0 saturated carbocycles. The summed E-state index contributed by atoms with van der Waals surface area (Å²) in [5, 5.41) is 270. The molecule has 46 heteroatoms. The minimum absolute atomic E-state index is 0.878. The highest BCUT2D eigenvalue weighted by Gasteiger charge is 2.61. The molecule has 8 fully saturated rings. The summed E-state index contributed by atoms with van der Waals surface area (Å²) in [6.07, 6.45) is -78.2. The highest BCUT2D eigenvalue weighted by Crippen LogP contribution is 2.40. The maximum atomic E-state index is 13.4. The number of aliphatic carboxylic acids is 1. The van der Waals surface area contributed by atoms with Crippen molar-refractivity contribution in [2.24, 2.45) is 0 Å². The van der Waals surface area contributed by atoms with Crippen LogP contribution in [0.2, 0.25) is 0 Å². The van der Waals surface area contributed by atoms with Crippen molar-refractivity contribution in [1.29, 1.82) is 0 Å². The lowest BCUT2D eigenvalue weighted by molar-refractivity contribution is -0.389. The van der Waals surface area contributed by atoms with E-state index in [0.29, 0.717) is 0 Å². The quantitative estimate of drug-likeness (QED) is 0.0363. The summed E-state index contributed by atoms with van der Waals surface area (Å²) in [7, 11) is 0. The molecule has 27 N–H and O–H groups in total. The maximum Gasteiger partial charge on any atom is 0.364 e. The number of carboxylic acid groups (broad SMARTS) is 1. The van der Waals surface area contributed by atoms with Gasteiger partial charge >= 0.3 is 5.97 Å². The lowest BCUT2D eigenvalue weighted by Crippen LogP contribution is -2.71. The molecule has 0 spiro atoms. The number of aliphatic hydroxyl groups excluding tert-OH is 23. The van der Waals surface area contributed by atoms with Crippen molar-refractivity contribution < 1.29 is 213 Å². The predicted molar refractivity (Wildman–Crippen MR) is 315 cm³/mol. The number of nitrogens with one attached hydrogen (secondary N) is 3. The van der Waals surface area contributed by atoms with Gasteiger partial charge in [0.1, 0.15) is 183 Å². The zero-order chi connectivity index (χ0) is 76.3. The Bertz CT molecular complexity index is 2720. The van der Waals surface area contributed by atoms with Crippen molar-refractivity contribution >= 4 is 23.7 Å². The molecule has 8 saturated heterocycles. The van der Waals surface area contributed by atoms with Crippen LogP contribution in [-0.2, 0) is 90.2 Å². The second-order valence-corrected chi connectivity index (χ2v) is 26.1. The van der Waals surface area contributed by atoms with Crippen molar-refractivity contribution in [3.63, 3.8) is 0 Å². The second-order valence-electron chi connectivity index (χ2n) is 26.1. The molecule has 8 heterocycles. The average Bonchev–Trinajstić information content (AvgIpc) is 0.766. The number of hydrogen-bond donors (Lipinski definition) is 27. The van der Waals surface area contributed by atoms with Crippen LogP contribution in [0.4, 0.5) is 0 Å². The Hall–Kier alpha value is -3.64. The fraction of sp³-hybridized carbons (Fsp3) is 0.930. The Morgan fingerprint density at radius 3 is 1.40 bits per heavy atom. The first-order chi connectivity index (χ1) is 48.5. The van der Waals surface area contributed by atoms with Crippen molar-refractivity contribution in [3.05, 3.63) is 0 Å². The monoisotopic (exact) mass is 1510 g/mol. The molecule has 0 aromatic rings. The summed E-state index contributed by atoms with van der Waals surface area (Å²) in [5.74, 6) is -8.20. The molecule has 596 valence electrons. The van der Waals surface area contributed by atoms with E-state index in [1.807, 2.05) is 0 Å². The van der Waals surface area contributed by atoms with Crippen LogP contribution in [0.1, 0.15) is 34.1 Å². The first kappa shape index (κ1) is 85.0. The Morgan fingerprint density at radius 1 is 0.417 bits per heavy atom. The van der Waals surface area contributed by atoms with E-state index in [2.05, 4.69) is 16.0 Å². The summed E-state index contributed by atoms with van der Waals surface area (Å²) in [5.41, 5.74) is 0. The zero-order valence-corrected chi connectivity index (χ0v) is 55.2. The van der Waals surface area contributed by atoms with Crippen molar-refractivity contribution in [2.45, 2.75) is 285 Å². The predicted octanol–water partition coefficient (Wildman–Crippen LogP) is -17.8. The van der Waals surface area contributed by atoms with Gasteiger partial charge in [-0.1, -0.05) is 0 Å². The van der Waals surface area contributed by atoms with E-state index in [-0.39, 0.29) is 0 Å². The molecule has 8 aliphatic heterocycles. The van der Waals surface area contributed by atoms with E-state index < -0.39 is 327 Å². The summed E-state index contributed by atoms with van der Waals surface area (Å²) in [6.45, 7) is -3.90. The topological polar surface area (TPSA) is 728 Å². The molecule has 0 radical (unpaired) electrons. The molecule has 0 aromatic heterocycles. The van der Waals surface area contributed by atoms with E-state index in [1.165, 1.54) is 6.92 Å². The Kier molecular flexibility index (Phi) is 29.9. The third kappa shape index (κ3) is 18.6. The molecule has 8 aliphatic rings. The van der Waals surface area contributed by atoms with Crippen LogP contribution in [0.3, 0.4) is 0 Å². The molecule has 103 heavy (non-hydrogen) atoms. The minimum Gasteiger partial charge on any atom is -0.477 e. The van der Waals surface area contributed by atoms with E-state index >= 15 is 0 Å². The van der Waals surface area contributed by atoms with E-state index in [0.717, 1.165) is 20.8 Å². The van der Waals surface area contributed by atoms with Crippen LogP contribution in [0.25, 0.3) is 0 Å². The molecule has 0 aliphatic carbocycles. The van der Waals surface area contributed by atoms with Crippen molar-refractivity contribution in [3.8, 4) is 0 Å². The number of hydrogen-bond acceptors (Lipinski definition) is 42. The van der Waals surface area contributed by atoms with Gasteiger partial charge in [0.25, 0.3) is 5.79 Å². The van der Waals surface area contributed by atoms with Gasteiger partial charge in [0, 0.05) is 27.2 Å². The van der Waals surface area contributed by atoms with Crippen LogP contribution in [-0.4, -0.2) is 444 Å². The highest BCUT2D eigenvalue weighted by molar-refractivity contribution is 5.77. The maximum absolute atomic E-state index is 13.4. The van der Waals surface area contributed by atoms with Crippen LogP contribution < -0.4 is 16.0 Å². The Balaban J connectivity index is 1.13. The largest absolute Gasteiger partial charge is 0.477 e. The van der Waals surface area contributed by atoms with E-state index in [4.69, 9.17) is 71.1 Å². The molecular weight excluding hydrogens is 1410 g/mol. The van der Waals surface area contributed by atoms with Gasteiger partial charge in [-0.3, -0.25) is 14.4 Å². The van der Waals surface area contributed by atoms with Gasteiger partial charge < -0.3 is 210 Å². The molecular formula is C57H95N3O43. The van der Waals surface area contributed by atoms with E-state index in [9.17, 15) is 142 Å². The molecule has 3 amide bonds. The normalized spacial score (nSPS) is 48.3. The second kappa shape index (κ2) is 36.3. The molecule has 46 nitrogen and oxygen atoms in total. The number of amides is 3. The number of rotatable bonds is 27. The SMILES string of the molecule is CC(=O)N[C@H]1[C@H](O[C@H]2[C@@H](O)[C@@H](CO[C@@H]3O[C@H](CO)[C@@H](O[C@@H]4O[C@H](CO)[C@H](O)[C@H](O)[C@H]4O[C@@H]4O[C@@H](C)[C@@H](O)[C@@H](O)[C@@H]4O)[C@H](O)[C@H]3NC(C)=O)O[C@@H](O[C@H]3[C@H](O)[C@@H](O)[C@@H](O)O[C@@H]3CO)[C@@H]2O)O[C@H](CO[C@]2(C(=O)O)C[C@H](O)[C@@H](NC(C)=O)[C@H]([C@H](O)[C@H](O)CO)O2)[C@@H](O[C@@H]2O[C@H](CO)[C@H](O)[C@H](O)[C@H]2O)[C@@H]1O. The Labute approximate surface area is 582 Å². The number of carbonyl (C=O) groups excluding carboxylic acids is 3. The fourth-order valence-electron chi connectivity index (χ4n) is 13.1. The third-order valence-corrected chi connectivity index (χ3v) is 18.8. The van der Waals surface area contributed by atoms with Gasteiger partial charge in [0.05, 0.1) is 64.5 Å². The number of carbonyl (C=O) groups is 4. The molecule has 0 bridgehead atoms. The number of carboxylic acids is 1. The van der Waals surface area contributed by atoms with Crippen LogP contribution in [0, 0.1) is 0 Å². The first-order valence-corrected chi connectivity index (χ1v) is 32.6. The molecule has 0 aromatic carbocycles.